The van der Waals surface area contributed by atoms with Crippen LogP contribution in [0.1, 0.15) is 13.3 Å². The lowest BCUT2D eigenvalue weighted by Crippen LogP contribution is -2.25. The number of hydrogen-bond donors (Lipinski definition) is 2. The molecule has 0 aliphatic rings. The summed E-state index contributed by atoms with van der Waals surface area (Å²) in [5.41, 5.74) is 0. The normalized spacial score (nSPS) is 16.8. The Kier molecular flexibility index (Phi) is 5.07. The molecule has 0 spiro atoms. The fourth-order valence-corrected chi connectivity index (χ4v) is 0.482. The van der Waals surface area contributed by atoms with Crippen LogP contribution in [0.5, 0.6) is 0 Å². The summed E-state index contributed by atoms with van der Waals surface area (Å²) in [6, 6.07) is 0. The van der Waals surface area contributed by atoms with Gasteiger partial charge in [-0.05, 0) is 0 Å². The molecule has 0 heterocycles. The number of hydrogen-bond acceptors (Lipinski definition) is 4. The van der Waals surface area contributed by atoms with Crippen molar-refractivity contribution in [2.45, 2.75) is 18.5 Å². The first-order valence-electron chi connectivity index (χ1n) is 3.20. The van der Waals surface area contributed by atoms with E-state index in [1.54, 1.807) is 14.0 Å². The Hall–Kier alpha value is 0.230. The predicted molar refractivity (Wildman–Crippen MR) is 42.1 cm³/mol. The van der Waals surface area contributed by atoms with Crippen molar-refractivity contribution in [3.8, 4) is 0 Å². The van der Waals surface area contributed by atoms with E-state index in [9.17, 15) is 0 Å². The van der Waals surface area contributed by atoms with Crippen LogP contribution in [0, 0.1) is 0 Å². The number of aliphatic hydroxyl groups is 1. The lowest BCUT2D eigenvalue weighted by atomic mass is 10.5. The molecule has 0 rings (SSSR count). The van der Waals surface area contributed by atoms with E-state index in [1.165, 1.54) is 0 Å². The fourth-order valence-electron chi connectivity index (χ4n) is 0.391. The molecule has 62 valence electrons. The minimum absolute atomic E-state index is 0.365. The number of methoxy groups -OCH3 is 1. The zero-order chi connectivity index (χ0) is 8.04. The predicted octanol–water partition coefficient (Wildman–Crippen LogP) is 0.635. The molecule has 10 heavy (non-hydrogen) atoms. The van der Waals surface area contributed by atoms with Crippen LogP contribution in [-0.2, 0) is 9.47 Å². The standard InChI is InChI=1S/C6H14O3S/c1-3-6(7,10)9-5-4-8-2/h7,10H,3-5H2,1-2H3. The summed E-state index contributed by atoms with van der Waals surface area (Å²) >= 11 is 3.84. The second-order valence-corrected chi connectivity index (χ2v) is 2.64. The zero-order valence-electron chi connectivity index (χ0n) is 6.33. The minimum Gasteiger partial charge on any atom is -0.382 e. The highest BCUT2D eigenvalue weighted by Gasteiger charge is 2.18. The van der Waals surface area contributed by atoms with E-state index in [0.717, 1.165) is 0 Å². The molecule has 0 aliphatic heterocycles. The molecule has 4 heteroatoms. The van der Waals surface area contributed by atoms with Crippen LogP contribution in [0.4, 0.5) is 0 Å². The Morgan fingerprint density at radius 1 is 1.50 bits per heavy atom. The highest BCUT2D eigenvalue weighted by atomic mass is 32.1. The minimum atomic E-state index is -1.29. The second kappa shape index (κ2) is 4.96. The molecule has 0 amide bonds. The van der Waals surface area contributed by atoms with Crippen LogP contribution in [0.2, 0.25) is 0 Å². The van der Waals surface area contributed by atoms with Crippen LogP contribution in [0.3, 0.4) is 0 Å². The Bertz CT molecular complexity index is 85.1. The highest BCUT2D eigenvalue weighted by molar-refractivity contribution is 7.81. The lowest BCUT2D eigenvalue weighted by molar-refractivity contribution is -0.138. The molecule has 0 aromatic rings. The molecular weight excluding hydrogens is 152 g/mol. The Morgan fingerprint density at radius 2 is 2.10 bits per heavy atom. The van der Waals surface area contributed by atoms with Crippen LogP contribution in [0.15, 0.2) is 0 Å². The van der Waals surface area contributed by atoms with Gasteiger partial charge < -0.3 is 14.6 Å². The third-order valence-electron chi connectivity index (χ3n) is 1.08. The van der Waals surface area contributed by atoms with Gasteiger partial charge in [-0.15, -0.1) is 12.6 Å². The highest BCUT2D eigenvalue weighted by Crippen LogP contribution is 2.15. The van der Waals surface area contributed by atoms with Crippen LogP contribution < -0.4 is 0 Å². The van der Waals surface area contributed by atoms with Gasteiger partial charge in [0.15, 0.2) is 0 Å². The molecule has 0 bridgehead atoms. The summed E-state index contributed by atoms with van der Waals surface area (Å²) in [5.74, 6) is 0. The molecule has 0 aromatic heterocycles. The van der Waals surface area contributed by atoms with E-state index in [0.29, 0.717) is 19.6 Å². The lowest BCUT2D eigenvalue weighted by Gasteiger charge is -2.19. The molecule has 1 atom stereocenters. The van der Waals surface area contributed by atoms with E-state index in [1.807, 2.05) is 0 Å². The molecule has 0 radical (unpaired) electrons. The first-order chi connectivity index (χ1) is 4.62. The summed E-state index contributed by atoms with van der Waals surface area (Å²) in [7, 11) is 1.58. The van der Waals surface area contributed by atoms with E-state index >= 15 is 0 Å². The van der Waals surface area contributed by atoms with Gasteiger partial charge in [-0.25, -0.2) is 0 Å². The molecule has 3 nitrogen and oxygen atoms in total. The van der Waals surface area contributed by atoms with E-state index in [-0.39, 0.29) is 0 Å². The molecule has 0 saturated heterocycles. The first-order valence-corrected chi connectivity index (χ1v) is 3.64. The smallest absolute Gasteiger partial charge is 0.212 e. The van der Waals surface area contributed by atoms with Crippen molar-refractivity contribution in [3.05, 3.63) is 0 Å². The van der Waals surface area contributed by atoms with Crippen molar-refractivity contribution in [2.75, 3.05) is 20.3 Å². The average molecular weight is 166 g/mol. The SMILES string of the molecule is CCC(O)(S)OCCOC. The van der Waals surface area contributed by atoms with Gasteiger partial charge in [0.05, 0.1) is 13.2 Å². The van der Waals surface area contributed by atoms with Gasteiger partial charge in [0.2, 0.25) is 5.12 Å². The largest absolute Gasteiger partial charge is 0.382 e. The third-order valence-corrected chi connectivity index (χ3v) is 1.53. The monoisotopic (exact) mass is 166 g/mol. The van der Waals surface area contributed by atoms with Gasteiger partial charge in [0.1, 0.15) is 0 Å². The van der Waals surface area contributed by atoms with Crippen molar-refractivity contribution in [1.82, 2.24) is 0 Å². The van der Waals surface area contributed by atoms with Crippen molar-refractivity contribution in [1.29, 1.82) is 0 Å². The Balaban J connectivity index is 3.28. The van der Waals surface area contributed by atoms with E-state index in [2.05, 4.69) is 12.6 Å². The van der Waals surface area contributed by atoms with Gasteiger partial charge in [-0.1, -0.05) is 6.92 Å². The quantitative estimate of drug-likeness (QED) is 0.357. The Labute approximate surface area is 66.7 Å². The fraction of sp³-hybridized carbons (Fsp3) is 1.00. The topological polar surface area (TPSA) is 38.7 Å². The van der Waals surface area contributed by atoms with E-state index < -0.39 is 5.12 Å². The first kappa shape index (κ1) is 10.2. The molecule has 0 aliphatic carbocycles. The van der Waals surface area contributed by atoms with Gasteiger partial charge in [-0.3, -0.25) is 0 Å². The van der Waals surface area contributed by atoms with Crippen LogP contribution >= 0.6 is 12.6 Å². The summed E-state index contributed by atoms with van der Waals surface area (Å²) < 4.78 is 9.63. The molecule has 0 fully saturated rings. The van der Waals surface area contributed by atoms with Crippen LogP contribution in [-0.4, -0.2) is 30.5 Å². The summed E-state index contributed by atoms with van der Waals surface area (Å²) in [6.45, 7) is 2.63. The van der Waals surface area contributed by atoms with Gasteiger partial charge in [0.25, 0.3) is 0 Å². The zero-order valence-corrected chi connectivity index (χ0v) is 7.23. The second-order valence-electron chi connectivity index (χ2n) is 1.94. The summed E-state index contributed by atoms with van der Waals surface area (Å²) in [5, 5.41) is 7.84. The summed E-state index contributed by atoms with van der Waals surface area (Å²) in [6.07, 6.45) is 0.458. The maximum Gasteiger partial charge on any atom is 0.212 e. The molecule has 0 aromatic carbocycles. The summed E-state index contributed by atoms with van der Waals surface area (Å²) in [4.78, 5) is 0. The maximum absolute atomic E-state index is 9.14. The van der Waals surface area contributed by atoms with Gasteiger partial charge in [-0.2, -0.15) is 0 Å². The van der Waals surface area contributed by atoms with Crippen LogP contribution in [0.25, 0.3) is 0 Å². The number of rotatable bonds is 5. The molecule has 1 N–H and O–H groups in total. The van der Waals surface area contributed by atoms with E-state index in [4.69, 9.17) is 14.6 Å². The van der Waals surface area contributed by atoms with Crippen molar-refractivity contribution in [2.24, 2.45) is 0 Å². The average Bonchev–Trinajstić information content (AvgIpc) is 1.89. The maximum atomic E-state index is 9.14. The Morgan fingerprint density at radius 3 is 2.50 bits per heavy atom. The van der Waals surface area contributed by atoms with Crippen molar-refractivity contribution >= 4 is 12.6 Å². The van der Waals surface area contributed by atoms with Crippen molar-refractivity contribution < 1.29 is 14.6 Å². The number of thiol groups is 1. The molecular formula is C6H14O3S. The molecule has 0 saturated carbocycles. The molecule has 1 unspecified atom stereocenters. The van der Waals surface area contributed by atoms with Crippen molar-refractivity contribution in [3.63, 3.8) is 0 Å². The number of ether oxygens (including phenoxy) is 2. The third kappa shape index (κ3) is 5.05. The van der Waals surface area contributed by atoms with Gasteiger partial charge in [0, 0.05) is 13.5 Å². The van der Waals surface area contributed by atoms with Gasteiger partial charge >= 0.3 is 0 Å².